The van der Waals surface area contributed by atoms with Crippen LogP contribution in [0.1, 0.15) is 5.56 Å². The Hall–Kier alpha value is -2.04. The van der Waals surface area contributed by atoms with Gasteiger partial charge in [-0.2, -0.15) is 0 Å². The third-order valence-electron chi connectivity index (χ3n) is 3.27. The van der Waals surface area contributed by atoms with E-state index in [9.17, 15) is 4.79 Å². The summed E-state index contributed by atoms with van der Waals surface area (Å²) in [6.07, 6.45) is 1.62. The minimum absolute atomic E-state index is 0.0456. The normalized spacial score (nSPS) is 10.8. The van der Waals surface area contributed by atoms with E-state index in [1.54, 1.807) is 29.1 Å². The van der Waals surface area contributed by atoms with Crippen molar-refractivity contribution < 1.29 is 9.53 Å². The van der Waals surface area contributed by atoms with Crippen molar-refractivity contribution in [2.75, 3.05) is 0 Å². The van der Waals surface area contributed by atoms with E-state index in [0.29, 0.717) is 15.6 Å². The van der Waals surface area contributed by atoms with E-state index < -0.39 is 0 Å². The second-order valence-corrected chi connectivity index (χ2v) is 5.54. The number of benzene rings is 2. The van der Waals surface area contributed by atoms with E-state index in [0.717, 1.165) is 11.0 Å². The van der Waals surface area contributed by atoms with Gasteiger partial charge in [-0.15, -0.1) is 0 Å². The molecule has 3 aromatic rings. The molecule has 0 aliphatic rings. The summed E-state index contributed by atoms with van der Waals surface area (Å²) in [6, 6.07) is 12.8. The van der Waals surface area contributed by atoms with Gasteiger partial charge in [0.1, 0.15) is 13.2 Å². The summed E-state index contributed by atoms with van der Waals surface area (Å²) in [5, 5.41) is 0.960. The third kappa shape index (κ3) is 3.08. The lowest BCUT2D eigenvalue weighted by atomic mass is 10.2. The predicted octanol–water partition coefficient (Wildman–Crippen LogP) is 4.09. The van der Waals surface area contributed by atoms with Gasteiger partial charge in [0.05, 0.1) is 17.4 Å². The number of ether oxygens (including phenoxy) is 1. The highest BCUT2D eigenvalue weighted by molar-refractivity contribution is 6.35. The highest BCUT2D eigenvalue weighted by Crippen LogP contribution is 2.25. The average molecular weight is 335 g/mol. The van der Waals surface area contributed by atoms with Gasteiger partial charge < -0.3 is 9.30 Å². The van der Waals surface area contributed by atoms with Crippen LogP contribution in [-0.4, -0.2) is 15.5 Å². The second-order valence-electron chi connectivity index (χ2n) is 4.72. The molecule has 0 bridgehead atoms. The molecule has 0 atom stereocenters. The van der Waals surface area contributed by atoms with Crippen molar-refractivity contribution in [1.82, 2.24) is 9.55 Å². The van der Waals surface area contributed by atoms with Gasteiger partial charge in [-0.3, -0.25) is 4.79 Å². The molecule has 4 nitrogen and oxygen atoms in total. The summed E-state index contributed by atoms with van der Waals surface area (Å²) in [5.41, 5.74) is 2.33. The van der Waals surface area contributed by atoms with Crippen LogP contribution in [0.2, 0.25) is 10.0 Å². The molecule has 22 heavy (non-hydrogen) atoms. The molecule has 0 spiro atoms. The molecule has 1 heterocycles. The first-order valence-corrected chi connectivity index (χ1v) is 7.39. The first-order valence-electron chi connectivity index (χ1n) is 6.63. The van der Waals surface area contributed by atoms with Gasteiger partial charge in [0, 0.05) is 15.6 Å². The summed E-state index contributed by atoms with van der Waals surface area (Å²) in [6.45, 7) is 0.132. The zero-order valence-corrected chi connectivity index (χ0v) is 13.0. The Labute approximate surface area is 137 Å². The maximum absolute atomic E-state index is 12.0. The molecule has 0 radical (unpaired) electrons. The van der Waals surface area contributed by atoms with Gasteiger partial charge in [-0.1, -0.05) is 41.4 Å². The Bertz CT molecular complexity index is 810. The van der Waals surface area contributed by atoms with E-state index in [1.165, 1.54) is 0 Å². The number of fused-ring (bicyclic) bond motifs is 1. The molecule has 0 saturated heterocycles. The molecule has 1 aromatic heterocycles. The largest absolute Gasteiger partial charge is 0.459 e. The van der Waals surface area contributed by atoms with Crippen LogP contribution in [0.3, 0.4) is 0 Å². The van der Waals surface area contributed by atoms with E-state index >= 15 is 0 Å². The smallest absolute Gasteiger partial charge is 0.326 e. The number of esters is 1. The van der Waals surface area contributed by atoms with Crippen molar-refractivity contribution in [3.63, 3.8) is 0 Å². The number of carbonyl (C=O) groups is 1. The monoisotopic (exact) mass is 334 g/mol. The third-order valence-corrected chi connectivity index (χ3v) is 3.97. The fourth-order valence-electron chi connectivity index (χ4n) is 2.14. The first kappa shape index (κ1) is 14.9. The summed E-state index contributed by atoms with van der Waals surface area (Å²) < 4.78 is 7.00. The van der Waals surface area contributed by atoms with Crippen molar-refractivity contribution in [3.05, 3.63) is 64.4 Å². The van der Waals surface area contributed by atoms with E-state index in [-0.39, 0.29) is 19.1 Å². The lowest BCUT2D eigenvalue weighted by molar-refractivity contribution is -0.145. The standard InChI is InChI=1S/C16H12Cl2N2O2/c17-12-4-3-5-13(18)11(12)9-22-16(21)8-20-10-19-14-6-1-2-7-15(14)20/h1-7,10H,8-9H2. The highest BCUT2D eigenvalue weighted by Gasteiger charge is 2.11. The molecule has 0 fully saturated rings. The number of para-hydroxylation sites is 2. The Morgan fingerprint density at radius 1 is 1.09 bits per heavy atom. The molecule has 0 aliphatic carbocycles. The number of hydrogen-bond donors (Lipinski definition) is 0. The van der Waals surface area contributed by atoms with Gasteiger partial charge in [0.25, 0.3) is 0 Å². The Morgan fingerprint density at radius 2 is 1.82 bits per heavy atom. The van der Waals surface area contributed by atoms with Crippen LogP contribution in [0.15, 0.2) is 48.8 Å². The fraction of sp³-hybridized carbons (Fsp3) is 0.125. The minimum atomic E-state index is -0.376. The van der Waals surface area contributed by atoms with Crippen LogP contribution in [0, 0.1) is 0 Å². The average Bonchev–Trinajstić information content (AvgIpc) is 2.90. The number of aromatic nitrogens is 2. The number of imidazole rings is 1. The highest BCUT2D eigenvalue weighted by atomic mass is 35.5. The summed E-state index contributed by atoms with van der Waals surface area (Å²) in [5.74, 6) is -0.376. The summed E-state index contributed by atoms with van der Waals surface area (Å²) in [7, 11) is 0. The number of carbonyl (C=O) groups excluding carboxylic acids is 1. The molecular weight excluding hydrogens is 323 g/mol. The van der Waals surface area contributed by atoms with Crippen LogP contribution in [0.4, 0.5) is 0 Å². The van der Waals surface area contributed by atoms with Crippen molar-refractivity contribution in [1.29, 1.82) is 0 Å². The Balaban J connectivity index is 1.68. The van der Waals surface area contributed by atoms with Crippen LogP contribution < -0.4 is 0 Å². The fourth-order valence-corrected chi connectivity index (χ4v) is 2.65. The van der Waals surface area contributed by atoms with Crippen LogP contribution in [0.25, 0.3) is 11.0 Å². The molecule has 0 N–H and O–H groups in total. The topological polar surface area (TPSA) is 44.1 Å². The molecule has 2 aromatic carbocycles. The van der Waals surface area contributed by atoms with E-state index in [2.05, 4.69) is 4.98 Å². The number of rotatable bonds is 4. The van der Waals surface area contributed by atoms with Gasteiger partial charge in [-0.05, 0) is 24.3 Å². The molecule has 0 aliphatic heterocycles. The molecule has 112 valence electrons. The SMILES string of the molecule is O=C(Cn1cnc2ccccc21)OCc1c(Cl)cccc1Cl. The number of hydrogen-bond acceptors (Lipinski definition) is 3. The van der Waals surface area contributed by atoms with Crippen molar-refractivity contribution >= 4 is 40.2 Å². The van der Waals surface area contributed by atoms with E-state index in [4.69, 9.17) is 27.9 Å². The summed E-state index contributed by atoms with van der Waals surface area (Å²) in [4.78, 5) is 16.2. The van der Waals surface area contributed by atoms with E-state index in [1.807, 2.05) is 24.3 Å². The number of halogens is 2. The first-order chi connectivity index (χ1) is 10.6. The van der Waals surface area contributed by atoms with Crippen molar-refractivity contribution in [3.8, 4) is 0 Å². The van der Waals surface area contributed by atoms with Crippen LogP contribution >= 0.6 is 23.2 Å². The Kier molecular flexibility index (Phi) is 4.32. The molecule has 0 saturated carbocycles. The van der Waals surface area contributed by atoms with Crippen LogP contribution in [0.5, 0.6) is 0 Å². The maximum atomic E-state index is 12.0. The minimum Gasteiger partial charge on any atom is -0.459 e. The van der Waals surface area contributed by atoms with Gasteiger partial charge >= 0.3 is 5.97 Å². The number of nitrogens with zero attached hydrogens (tertiary/aromatic N) is 2. The zero-order valence-electron chi connectivity index (χ0n) is 11.5. The lowest BCUT2D eigenvalue weighted by Crippen LogP contribution is -2.13. The van der Waals surface area contributed by atoms with Gasteiger partial charge in [0.2, 0.25) is 0 Å². The molecule has 0 unspecified atom stereocenters. The van der Waals surface area contributed by atoms with Crippen LogP contribution in [-0.2, 0) is 22.7 Å². The lowest BCUT2D eigenvalue weighted by Gasteiger charge is -2.09. The maximum Gasteiger partial charge on any atom is 0.326 e. The molecule has 3 rings (SSSR count). The molecule has 6 heteroatoms. The summed E-state index contributed by atoms with van der Waals surface area (Å²) >= 11 is 12.1. The predicted molar refractivity (Wildman–Crippen MR) is 86.0 cm³/mol. The van der Waals surface area contributed by atoms with Gasteiger partial charge in [-0.25, -0.2) is 4.98 Å². The van der Waals surface area contributed by atoms with Crippen molar-refractivity contribution in [2.45, 2.75) is 13.2 Å². The Morgan fingerprint density at radius 3 is 2.59 bits per heavy atom. The zero-order chi connectivity index (χ0) is 15.5. The quantitative estimate of drug-likeness (QED) is 0.675. The molecular formula is C16H12Cl2N2O2. The molecule has 0 amide bonds. The second kappa shape index (κ2) is 6.38. The van der Waals surface area contributed by atoms with Gasteiger partial charge in [0.15, 0.2) is 0 Å². The van der Waals surface area contributed by atoms with Crippen molar-refractivity contribution in [2.24, 2.45) is 0 Å².